The molecule has 19 heteroatoms. The Bertz CT molecular complexity index is 1840. The molecule has 0 rings (SSSR count). The molecule has 552 valence electrons. The zero-order valence-corrected chi connectivity index (χ0v) is 62.7. The van der Waals surface area contributed by atoms with E-state index < -0.39 is 97.5 Å². The third kappa shape index (κ3) is 65.8. The Morgan fingerprint density at radius 2 is 0.516 bits per heavy atom. The lowest BCUT2D eigenvalue weighted by atomic mass is 9.99. The molecule has 0 saturated heterocycles. The molecule has 0 radical (unpaired) electrons. The molecule has 0 spiro atoms. The van der Waals surface area contributed by atoms with Gasteiger partial charge >= 0.3 is 39.5 Å². The van der Waals surface area contributed by atoms with E-state index in [1.165, 1.54) is 167 Å². The van der Waals surface area contributed by atoms with Crippen molar-refractivity contribution in [3.05, 3.63) is 0 Å². The van der Waals surface area contributed by atoms with E-state index in [0.29, 0.717) is 31.6 Å². The van der Waals surface area contributed by atoms with Gasteiger partial charge in [0.25, 0.3) is 0 Å². The Morgan fingerprint density at radius 3 is 0.763 bits per heavy atom. The molecule has 0 bridgehead atoms. The van der Waals surface area contributed by atoms with E-state index in [-0.39, 0.29) is 25.7 Å². The van der Waals surface area contributed by atoms with E-state index >= 15 is 0 Å². The molecule has 0 heterocycles. The van der Waals surface area contributed by atoms with Gasteiger partial charge in [-0.15, -0.1) is 0 Å². The van der Waals surface area contributed by atoms with Crippen LogP contribution in [0.4, 0.5) is 0 Å². The van der Waals surface area contributed by atoms with Gasteiger partial charge in [-0.05, 0) is 49.4 Å². The van der Waals surface area contributed by atoms with Crippen LogP contribution in [-0.2, 0) is 65.4 Å². The fourth-order valence-electron chi connectivity index (χ4n) is 11.1. The maximum absolute atomic E-state index is 13.1. The average Bonchev–Trinajstić information content (AvgIpc) is 1.77. The van der Waals surface area contributed by atoms with Gasteiger partial charge in [-0.2, -0.15) is 0 Å². The van der Waals surface area contributed by atoms with E-state index in [2.05, 4.69) is 55.4 Å². The molecule has 7 atom stereocenters. The van der Waals surface area contributed by atoms with E-state index in [4.69, 9.17) is 37.0 Å². The van der Waals surface area contributed by atoms with Crippen molar-refractivity contribution in [2.45, 2.75) is 388 Å². The van der Waals surface area contributed by atoms with Crippen LogP contribution in [0.5, 0.6) is 0 Å². The molecule has 0 aliphatic heterocycles. The number of hydrogen-bond donors (Lipinski definition) is 3. The van der Waals surface area contributed by atoms with Gasteiger partial charge in [0.2, 0.25) is 0 Å². The van der Waals surface area contributed by atoms with Gasteiger partial charge in [-0.25, -0.2) is 9.13 Å². The minimum absolute atomic E-state index is 0.105. The molecule has 17 nitrogen and oxygen atoms in total. The summed E-state index contributed by atoms with van der Waals surface area (Å²) in [6.45, 7) is 14.2. The van der Waals surface area contributed by atoms with Gasteiger partial charge in [0.15, 0.2) is 12.2 Å². The average molecular weight is 1370 g/mol. The molecule has 0 fully saturated rings. The second kappa shape index (κ2) is 63.5. The van der Waals surface area contributed by atoms with E-state index in [1.54, 1.807) is 0 Å². The number of esters is 4. The Morgan fingerprint density at radius 1 is 0.301 bits per heavy atom. The number of rotatable bonds is 71. The number of phosphoric acid groups is 2. The van der Waals surface area contributed by atoms with Crippen LogP contribution in [0.1, 0.15) is 370 Å². The highest BCUT2D eigenvalue weighted by molar-refractivity contribution is 7.47. The zero-order chi connectivity index (χ0) is 68.9. The van der Waals surface area contributed by atoms with Crippen molar-refractivity contribution < 1.29 is 80.2 Å². The highest BCUT2D eigenvalue weighted by Crippen LogP contribution is 2.45. The van der Waals surface area contributed by atoms with Crippen molar-refractivity contribution in [2.75, 3.05) is 39.6 Å². The Kier molecular flexibility index (Phi) is 62.2. The van der Waals surface area contributed by atoms with E-state index in [9.17, 15) is 43.2 Å². The predicted molar refractivity (Wildman–Crippen MR) is 377 cm³/mol. The van der Waals surface area contributed by atoms with Gasteiger partial charge in [0, 0.05) is 25.7 Å². The van der Waals surface area contributed by atoms with Crippen LogP contribution < -0.4 is 0 Å². The summed E-state index contributed by atoms with van der Waals surface area (Å²) in [5.41, 5.74) is 0. The first-order valence-corrected chi connectivity index (χ1v) is 41.3. The van der Waals surface area contributed by atoms with Crippen LogP contribution in [0.2, 0.25) is 0 Å². The van der Waals surface area contributed by atoms with Gasteiger partial charge in [0.05, 0.1) is 26.4 Å². The first-order valence-electron chi connectivity index (χ1n) is 38.3. The lowest BCUT2D eigenvalue weighted by Crippen LogP contribution is -2.30. The number of ether oxygens (including phenoxy) is 4. The van der Waals surface area contributed by atoms with Crippen molar-refractivity contribution >= 4 is 39.5 Å². The summed E-state index contributed by atoms with van der Waals surface area (Å²) in [6, 6.07) is 0. The Hall–Kier alpha value is -1.94. The second-order valence-corrected chi connectivity index (χ2v) is 31.0. The number of aliphatic hydroxyl groups is 1. The molecule has 0 aromatic heterocycles. The molecule has 3 N–H and O–H groups in total. The minimum Gasteiger partial charge on any atom is -0.462 e. The van der Waals surface area contributed by atoms with Crippen molar-refractivity contribution in [3.8, 4) is 0 Å². The highest BCUT2D eigenvalue weighted by atomic mass is 31.2. The summed E-state index contributed by atoms with van der Waals surface area (Å²) < 4.78 is 68.5. The van der Waals surface area contributed by atoms with Crippen molar-refractivity contribution in [1.29, 1.82) is 0 Å². The highest BCUT2D eigenvalue weighted by Gasteiger charge is 2.30. The maximum atomic E-state index is 13.1. The SMILES string of the molecule is CCC(C)CCCCCCCCCCCCC(=O)OC[C@H](COP(=O)(O)OCC(O)COP(=O)(O)OC[C@@H](COC(=O)CCCCCCCCCC(C)C)OC(=O)CCCCCCCCCCCCC(C)CC)OC(=O)CCCCCCCCCCCCCCC(C)C. The summed E-state index contributed by atoms with van der Waals surface area (Å²) >= 11 is 0. The van der Waals surface area contributed by atoms with Crippen LogP contribution in [0, 0.1) is 23.7 Å². The second-order valence-electron chi connectivity index (χ2n) is 28.1. The molecule has 5 unspecified atom stereocenters. The molecule has 0 aromatic rings. The molecule has 0 aliphatic rings. The predicted octanol–water partition coefficient (Wildman–Crippen LogP) is 21.3. The fourth-order valence-corrected chi connectivity index (χ4v) is 12.7. The third-order valence-corrected chi connectivity index (χ3v) is 19.7. The summed E-state index contributed by atoms with van der Waals surface area (Å²) in [5.74, 6) is 0.971. The fraction of sp³-hybridized carbons (Fsp3) is 0.946. The number of carbonyl (C=O) groups excluding carboxylic acids is 4. The van der Waals surface area contributed by atoms with Gasteiger partial charge in [0.1, 0.15) is 19.3 Å². The molecular weight excluding hydrogens is 1220 g/mol. The van der Waals surface area contributed by atoms with Gasteiger partial charge in [-0.1, -0.05) is 319 Å². The summed E-state index contributed by atoms with van der Waals surface area (Å²) in [6.07, 6.45) is 47.0. The summed E-state index contributed by atoms with van der Waals surface area (Å²) in [5, 5.41) is 10.6. The lowest BCUT2D eigenvalue weighted by molar-refractivity contribution is -0.161. The molecule has 0 saturated carbocycles. The topological polar surface area (TPSA) is 237 Å². The molecular formula is C74H144O17P2. The van der Waals surface area contributed by atoms with Gasteiger partial charge < -0.3 is 33.8 Å². The largest absolute Gasteiger partial charge is 0.472 e. The number of unbranched alkanes of at least 4 members (excludes halogenated alkanes) is 35. The number of aliphatic hydroxyl groups excluding tert-OH is 1. The van der Waals surface area contributed by atoms with E-state index in [0.717, 1.165) is 114 Å². The third-order valence-electron chi connectivity index (χ3n) is 17.8. The quantitative estimate of drug-likeness (QED) is 0.0222. The first-order chi connectivity index (χ1) is 44.7. The normalized spacial score (nSPS) is 14.8. The molecule has 0 amide bonds. The first kappa shape index (κ1) is 91.1. The molecule has 0 aromatic carbocycles. The molecule has 0 aliphatic carbocycles. The van der Waals surface area contributed by atoms with Crippen LogP contribution in [0.3, 0.4) is 0 Å². The van der Waals surface area contributed by atoms with Crippen molar-refractivity contribution in [3.63, 3.8) is 0 Å². The maximum Gasteiger partial charge on any atom is 0.472 e. The minimum atomic E-state index is -4.96. The van der Waals surface area contributed by atoms with Crippen molar-refractivity contribution in [2.24, 2.45) is 23.7 Å². The number of phosphoric ester groups is 2. The zero-order valence-electron chi connectivity index (χ0n) is 60.9. The monoisotopic (exact) mass is 1370 g/mol. The Balaban J connectivity index is 5.27. The van der Waals surface area contributed by atoms with Crippen molar-refractivity contribution in [1.82, 2.24) is 0 Å². The van der Waals surface area contributed by atoms with Crippen LogP contribution >= 0.6 is 15.6 Å². The number of carbonyl (C=O) groups is 4. The van der Waals surface area contributed by atoms with Crippen LogP contribution in [0.25, 0.3) is 0 Å². The summed E-state index contributed by atoms with van der Waals surface area (Å²) in [4.78, 5) is 72.7. The van der Waals surface area contributed by atoms with Crippen LogP contribution in [-0.4, -0.2) is 96.7 Å². The summed E-state index contributed by atoms with van der Waals surface area (Å²) in [7, 11) is -9.91. The smallest absolute Gasteiger partial charge is 0.462 e. The van der Waals surface area contributed by atoms with Crippen LogP contribution in [0.15, 0.2) is 0 Å². The van der Waals surface area contributed by atoms with E-state index in [1.807, 2.05) is 0 Å². The lowest BCUT2D eigenvalue weighted by Gasteiger charge is -2.21. The van der Waals surface area contributed by atoms with Gasteiger partial charge in [-0.3, -0.25) is 37.3 Å². The standard InChI is InChI=1S/C74H144O17P2/c1-9-66(7)52-44-36-28-20-15-17-22-30-38-46-54-71(76)84-60-69(90-73(78)56-48-40-31-23-14-12-11-13-19-26-34-42-50-64(3)4)62-88-92(80,81)86-58-68(75)59-87-93(82,83)89-63-70(61-85-72(77)55-47-39-33-25-27-35-43-51-65(5)6)91-74(79)57-49-41-32-24-18-16-21-29-37-45-53-67(8)10-2/h64-70,75H,9-63H2,1-8H3,(H,80,81)(H,82,83)/t66?,67?,68?,69-,70-/m1/s1. The number of hydrogen-bond acceptors (Lipinski definition) is 15. The Labute approximate surface area is 568 Å². The molecule has 93 heavy (non-hydrogen) atoms.